The first-order chi connectivity index (χ1) is 9.97. The third-order valence-electron chi connectivity index (χ3n) is 3.46. The summed E-state index contributed by atoms with van der Waals surface area (Å²) in [5, 5.41) is 0. The molecule has 1 aromatic heterocycles. The molecule has 0 aliphatic rings. The molecule has 0 atom stereocenters. The number of fused-ring (bicyclic) bond motifs is 1. The fraction of sp³-hybridized carbons (Fsp3) is 0.133. The topological polar surface area (TPSA) is 72.2 Å². The van der Waals surface area contributed by atoms with E-state index in [0.717, 1.165) is 11.1 Å². The summed E-state index contributed by atoms with van der Waals surface area (Å²) in [4.78, 5) is 4.12. The van der Waals surface area contributed by atoms with Crippen LogP contribution < -0.4 is 4.72 Å². The Kier molecular flexibility index (Phi) is 3.17. The van der Waals surface area contributed by atoms with E-state index in [1.807, 2.05) is 26.0 Å². The van der Waals surface area contributed by atoms with E-state index >= 15 is 0 Å². The summed E-state index contributed by atoms with van der Waals surface area (Å²) >= 11 is 0. The largest absolute Gasteiger partial charge is 0.443 e. The van der Waals surface area contributed by atoms with E-state index in [4.69, 9.17) is 4.42 Å². The molecule has 21 heavy (non-hydrogen) atoms. The van der Waals surface area contributed by atoms with E-state index in [2.05, 4.69) is 9.71 Å². The first-order valence-corrected chi connectivity index (χ1v) is 7.88. The fourth-order valence-corrected chi connectivity index (χ4v) is 3.21. The van der Waals surface area contributed by atoms with Crippen molar-refractivity contribution in [1.29, 1.82) is 0 Å². The van der Waals surface area contributed by atoms with Crippen LogP contribution in [0.4, 0.5) is 5.69 Å². The van der Waals surface area contributed by atoms with Crippen LogP contribution in [0.15, 0.2) is 52.1 Å². The van der Waals surface area contributed by atoms with Crippen molar-refractivity contribution in [3.63, 3.8) is 0 Å². The van der Waals surface area contributed by atoms with Gasteiger partial charge in [0.15, 0.2) is 12.0 Å². The zero-order chi connectivity index (χ0) is 15.0. The van der Waals surface area contributed by atoms with E-state index in [-0.39, 0.29) is 4.90 Å². The predicted octanol–water partition coefficient (Wildman–Crippen LogP) is 3.25. The molecule has 0 aliphatic carbocycles. The summed E-state index contributed by atoms with van der Waals surface area (Å²) in [6.07, 6.45) is 1.29. The lowest BCUT2D eigenvalue weighted by Gasteiger charge is -2.12. The van der Waals surface area contributed by atoms with Gasteiger partial charge in [0.1, 0.15) is 5.52 Å². The number of rotatable bonds is 3. The van der Waals surface area contributed by atoms with Crippen molar-refractivity contribution >= 4 is 26.8 Å². The van der Waals surface area contributed by atoms with Crippen molar-refractivity contribution in [2.45, 2.75) is 18.7 Å². The van der Waals surface area contributed by atoms with Gasteiger partial charge in [0.05, 0.1) is 10.6 Å². The van der Waals surface area contributed by atoms with Gasteiger partial charge < -0.3 is 4.42 Å². The van der Waals surface area contributed by atoms with Crippen LogP contribution in [-0.2, 0) is 10.0 Å². The molecule has 0 saturated carbocycles. The second-order valence-electron chi connectivity index (χ2n) is 4.83. The van der Waals surface area contributed by atoms with Crippen LogP contribution in [-0.4, -0.2) is 13.4 Å². The van der Waals surface area contributed by atoms with E-state index in [9.17, 15) is 8.42 Å². The fourth-order valence-electron chi connectivity index (χ4n) is 2.07. The summed E-state index contributed by atoms with van der Waals surface area (Å²) in [5.74, 6) is 0. The summed E-state index contributed by atoms with van der Waals surface area (Å²) < 4.78 is 32.7. The van der Waals surface area contributed by atoms with Gasteiger partial charge in [-0.15, -0.1) is 0 Å². The normalized spacial score (nSPS) is 11.7. The smallest absolute Gasteiger partial charge is 0.262 e. The Balaban J connectivity index is 2.01. The third kappa shape index (κ3) is 2.50. The van der Waals surface area contributed by atoms with E-state index in [1.165, 1.54) is 18.5 Å². The van der Waals surface area contributed by atoms with Gasteiger partial charge in [-0.25, -0.2) is 13.4 Å². The first-order valence-electron chi connectivity index (χ1n) is 6.40. The number of anilines is 1. The summed E-state index contributed by atoms with van der Waals surface area (Å²) in [7, 11) is -3.66. The molecule has 6 heteroatoms. The quantitative estimate of drug-likeness (QED) is 0.806. The predicted molar refractivity (Wildman–Crippen MR) is 80.7 cm³/mol. The summed E-state index contributed by atoms with van der Waals surface area (Å²) in [6, 6.07) is 10.1. The zero-order valence-electron chi connectivity index (χ0n) is 11.6. The molecule has 1 N–H and O–H groups in total. The van der Waals surface area contributed by atoms with E-state index in [0.29, 0.717) is 16.8 Å². The SMILES string of the molecule is Cc1cccc(NS(=O)(=O)c2ccc3ncoc3c2)c1C. The van der Waals surface area contributed by atoms with Crippen molar-refractivity contribution in [2.24, 2.45) is 0 Å². The molecule has 108 valence electrons. The standard InChI is InChI=1S/C15H14N2O3S/c1-10-4-3-5-13(11(10)2)17-21(18,19)12-6-7-14-15(8-12)20-9-16-14/h3-9,17H,1-2H3. The van der Waals surface area contributed by atoms with Crippen LogP contribution in [0.1, 0.15) is 11.1 Å². The lowest BCUT2D eigenvalue weighted by molar-refractivity contribution is 0.594. The number of benzene rings is 2. The highest BCUT2D eigenvalue weighted by Gasteiger charge is 2.17. The lowest BCUT2D eigenvalue weighted by Crippen LogP contribution is -2.14. The second-order valence-corrected chi connectivity index (χ2v) is 6.52. The van der Waals surface area contributed by atoms with Crippen molar-refractivity contribution < 1.29 is 12.8 Å². The number of oxazole rings is 1. The van der Waals surface area contributed by atoms with E-state index in [1.54, 1.807) is 12.1 Å². The molecular weight excluding hydrogens is 288 g/mol. The van der Waals surface area contributed by atoms with Gasteiger partial charge in [-0.2, -0.15) is 0 Å². The van der Waals surface area contributed by atoms with Gasteiger partial charge in [-0.05, 0) is 43.2 Å². The van der Waals surface area contributed by atoms with Crippen LogP contribution in [0.2, 0.25) is 0 Å². The van der Waals surface area contributed by atoms with Gasteiger partial charge in [-0.1, -0.05) is 12.1 Å². The average molecular weight is 302 g/mol. The molecule has 2 aromatic carbocycles. The molecule has 0 radical (unpaired) electrons. The molecule has 3 aromatic rings. The van der Waals surface area contributed by atoms with Gasteiger partial charge in [-0.3, -0.25) is 4.72 Å². The minimum atomic E-state index is -3.66. The van der Waals surface area contributed by atoms with Gasteiger partial charge in [0.2, 0.25) is 0 Å². The van der Waals surface area contributed by atoms with Gasteiger partial charge in [0, 0.05) is 6.07 Å². The first kappa shape index (κ1) is 13.6. The maximum atomic E-state index is 12.5. The van der Waals surface area contributed by atoms with Crippen molar-refractivity contribution in [3.05, 3.63) is 53.9 Å². The van der Waals surface area contributed by atoms with Crippen LogP contribution in [0.3, 0.4) is 0 Å². The van der Waals surface area contributed by atoms with Crippen molar-refractivity contribution in [2.75, 3.05) is 4.72 Å². The number of hydrogen-bond donors (Lipinski definition) is 1. The molecule has 5 nitrogen and oxygen atoms in total. The Morgan fingerprint density at radius 1 is 1.14 bits per heavy atom. The van der Waals surface area contributed by atoms with Crippen LogP contribution in [0.25, 0.3) is 11.1 Å². The Morgan fingerprint density at radius 2 is 1.95 bits per heavy atom. The maximum Gasteiger partial charge on any atom is 0.262 e. The second kappa shape index (κ2) is 4.89. The summed E-state index contributed by atoms with van der Waals surface area (Å²) in [5.41, 5.74) is 3.58. The molecule has 0 spiro atoms. The molecule has 0 saturated heterocycles. The molecule has 1 heterocycles. The average Bonchev–Trinajstić information content (AvgIpc) is 2.91. The summed E-state index contributed by atoms with van der Waals surface area (Å²) in [6.45, 7) is 3.82. The molecule has 0 aliphatic heterocycles. The monoisotopic (exact) mass is 302 g/mol. The van der Waals surface area contributed by atoms with Crippen LogP contribution in [0, 0.1) is 13.8 Å². The molecule has 0 fully saturated rings. The van der Waals surface area contributed by atoms with Crippen LogP contribution in [0.5, 0.6) is 0 Å². The molecule has 0 bridgehead atoms. The Labute approximate surface area is 122 Å². The number of nitrogens with one attached hydrogen (secondary N) is 1. The highest BCUT2D eigenvalue weighted by atomic mass is 32.2. The minimum Gasteiger partial charge on any atom is -0.443 e. The van der Waals surface area contributed by atoms with Crippen LogP contribution >= 0.6 is 0 Å². The minimum absolute atomic E-state index is 0.146. The van der Waals surface area contributed by atoms with Crippen molar-refractivity contribution in [1.82, 2.24) is 4.98 Å². The number of hydrogen-bond acceptors (Lipinski definition) is 4. The Morgan fingerprint density at radius 3 is 2.76 bits per heavy atom. The third-order valence-corrected chi connectivity index (χ3v) is 4.83. The highest BCUT2D eigenvalue weighted by Crippen LogP contribution is 2.23. The Bertz CT molecular complexity index is 914. The maximum absolute atomic E-state index is 12.5. The number of aryl methyl sites for hydroxylation is 1. The van der Waals surface area contributed by atoms with E-state index < -0.39 is 10.0 Å². The van der Waals surface area contributed by atoms with Gasteiger partial charge >= 0.3 is 0 Å². The number of aromatic nitrogens is 1. The molecule has 0 amide bonds. The highest BCUT2D eigenvalue weighted by molar-refractivity contribution is 7.92. The molecule has 0 unspecified atom stereocenters. The van der Waals surface area contributed by atoms with Crippen molar-refractivity contribution in [3.8, 4) is 0 Å². The number of sulfonamides is 1. The Hall–Kier alpha value is -2.34. The molecular formula is C15H14N2O3S. The van der Waals surface area contributed by atoms with Gasteiger partial charge in [0.25, 0.3) is 10.0 Å². The molecule has 3 rings (SSSR count). The zero-order valence-corrected chi connectivity index (χ0v) is 12.4. The lowest BCUT2D eigenvalue weighted by atomic mass is 10.1. The number of nitrogens with zero attached hydrogens (tertiary/aromatic N) is 1.